The van der Waals surface area contributed by atoms with E-state index >= 15 is 0 Å². The molecule has 3 atom stereocenters. The van der Waals surface area contributed by atoms with Gasteiger partial charge in [0.15, 0.2) is 0 Å². The maximum Gasteiger partial charge on any atom is 0.328 e. The molecule has 7 heteroatoms. The van der Waals surface area contributed by atoms with Gasteiger partial charge in [-0.15, -0.1) is 5.10 Å². The van der Waals surface area contributed by atoms with E-state index in [4.69, 9.17) is 5.11 Å². The first kappa shape index (κ1) is 14.0. The number of nitrogens with zero attached hydrogens (tertiary/aromatic N) is 3. The van der Waals surface area contributed by atoms with Crippen LogP contribution in [0.15, 0.2) is 6.20 Å². The molecule has 2 heterocycles. The third-order valence-corrected chi connectivity index (χ3v) is 3.38. The summed E-state index contributed by atoms with van der Waals surface area (Å²) in [6.45, 7) is 5.97. The summed E-state index contributed by atoms with van der Waals surface area (Å²) in [6.07, 6.45) is 3.75. The number of carboxylic acids is 1. The number of nitrogens with one attached hydrogen (secondary N) is 2. The van der Waals surface area contributed by atoms with Crippen LogP contribution in [0.3, 0.4) is 0 Å². The highest BCUT2D eigenvalue weighted by molar-refractivity contribution is 5.71. The van der Waals surface area contributed by atoms with Gasteiger partial charge in [0.25, 0.3) is 0 Å². The van der Waals surface area contributed by atoms with Crippen LogP contribution >= 0.6 is 0 Å². The molecule has 3 unspecified atom stereocenters. The molecule has 0 bridgehead atoms. The van der Waals surface area contributed by atoms with Gasteiger partial charge in [0.05, 0.1) is 12.2 Å². The van der Waals surface area contributed by atoms with Gasteiger partial charge in [-0.2, -0.15) is 0 Å². The Hall–Kier alpha value is -1.47. The van der Waals surface area contributed by atoms with Gasteiger partial charge in [-0.25, -0.2) is 14.9 Å². The highest BCUT2D eigenvalue weighted by atomic mass is 16.4. The van der Waals surface area contributed by atoms with E-state index in [1.807, 2.05) is 0 Å². The highest BCUT2D eigenvalue weighted by Crippen LogP contribution is 2.24. The zero-order valence-electron chi connectivity index (χ0n) is 11.5. The summed E-state index contributed by atoms with van der Waals surface area (Å²) in [5.41, 5.74) is 7.24. The first-order valence-electron chi connectivity index (χ1n) is 6.63. The van der Waals surface area contributed by atoms with Crippen LogP contribution in [0.5, 0.6) is 0 Å². The van der Waals surface area contributed by atoms with Crippen LogP contribution in [0.1, 0.15) is 51.4 Å². The maximum atomic E-state index is 10.9. The van der Waals surface area contributed by atoms with E-state index in [0.717, 1.165) is 18.5 Å². The Balaban J connectivity index is 1.98. The Morgan fingerprint density at radius 1 is 1.53 bits per heavy atom. The van der Waals surface area contributed by atoms with Crippen molar-refractivity contribution in [2.24, 2.45) is 5.92 Å². The van der Waals surface area contributed by atoms with Crippen LogP contribution in [0.2, 0.25) is 0 Å². The second-order valence-corrected chi connectivity index (χ2v) is 5.54. The number of rotatable bonds is 5. The number of hydrogen-bond acceptors (Lipinski definition) is 5. The lowest BCUT2D eigenvalue weighted by Gasteiger charge is -2.11. The van der Waals surface area contributed by atoms with Crippen LogP contribution < -0.4 is 10.9 Å². The summed E-state index contributed by atoms with van der Waals surface area (Å²) in [5.74, 6) is -0.271. The van der Waals surface area contributed by atoms with Crippen molar-refractivity contribution in [3.8, 4) is 0 Å². The fraction of sp³-hybridized carbons (Fsp3) is 0.750. The monoisotopic (exact) mass is 267 g/mol. The SMILES string of the molecule is CC(C)CC1CC(c2cn(C(C)C(=O)O)nn2)NN1. The van der Waals surface area contributed by atoms with Gasteiger partial charge in [0.1, 0.15) is 11.7 Å². The molecule has 2 rings (SSSR count). The molecule has 0 radical (unpaired) electrons. The van der Waals surface area contributed by atoms with Gasteiger partial charge in [0.2, 0.25) is 0 Å². The Kier molecular flexibility index (Phi) is 4.16. The summed E-state index contributed by atoms with van der Waals surface area (Å²) in [7, 11) is 0. The molecule has 19 heavy (non-hydrogen) atoms. The second kappa shape index (κ2) is 5.66. The summed E-state index contributed by atoms with van der Waals surface area (Å²) in [6, 6.07) is -0.174. The molecule has 0 amide bonds. The van der Waals surface area contributed by atoms with E-state index in [1.165, 1.54) is 4.68 Å². The quantitative estimate of drug-likeness (QED) is 0.733. The van der Waals surface area contributed by atoms with Crippen LogP contribution in [0.25, 0.3) is 0 Å². The van der Waals surface area contributed by atoms with Crippen molar-refractivity contribution in [1.82, 2.24) is 25.8 Å². The Morgan fingerprint density at radius 2 is 2.26 bits per heavy atom. The molecule has 1 aliphatic rings. The summed E-state index contributed by atoms with van der Waals surface area (Å²) in [4.78, 5) is 10.9. The lowest BCUT2D eigenvalue weighted by Crippen LogP contribution is -2.31. The van der Waals surface area contributed by atoms with E-state index < -0.39 is 12.0 Å². The molecule has 106 valence electrons. The number of hydrogen-bond donors (Lipinski definition) is 3. The maximum absolute atomic E-state index is 10.9. The molecule has 0 aliphatic carbocycles. The normalized spacial score (nSPS) is 24.8. The van der Waals surface area contributed by atoms with Gasteiger partial charge >= 0.3 is 5.97 Å². The third-order valence-electron chi connectivity index (χ3n) is 3.38. The molecule has 1 aliphatic heterocycles. The summed E-state index contributed by atoms with van der Waals surface area (Å²) < 4.78 is 1.38. The van der Waals surface area contributed by atoms with Crippen molar-refractivity contribution < 1.29 is 9.90 Å². The van der Waals surface area contributed by atoms with Crippen molar-refractivity contribution in [2.45, 2.75) is 51.7 Å². The number of carbonyl (C=O) groups is 1. The first-order chi connectivity index (χ1) is 8.97. The lowest BCUT2D eigenvalue weighted by atomic mass is 9.99. The van der Waals surface area contributed by atoms with Gasteiger partial charge in [0, 0.05) is 6.04 Å². The highest BCUT2D eigenvalue weighted by Gasteiger charge is 2.28. The first-order valence-corrected chi connectivity index (χ1v) is 6.63. The van der Waals surface area contributed by atoms with Gasteiger partial charge in [-0.1, -0.05) is 19.1 Å². The van der Waals surface area contributed by atoms with Crippen molar-refractivity contribution in [3.05, 3.63) is 11.9 Å². The molecular formula is C12H21N5O2. The molecule has 1 aromatic rings. The molecule has 3 N–H and O–H groups in total. The predicted molar refractivity (Wildman–Crippen MR) is 69.2 cm³/mol. The summed E-state index contributed by atoms with van der Waals surface area (Å²) in [5, 5.41) is 16.9. The number of aliphatic carboxylic acids is 1. The van der Waals surface area contributed by atoms with Crippen molar-refractivity contribution in [3.63, 3.8) is 0 Å². The van der Waals surface area contributed by atoms with Gasteiger partial charge in [-0.3, -0.25) is 5.43 Å². The molecule has 1 saturated heterocycles. The smallest absolute Gasteiger partial charge is 0.328 e. The zero-order valence-corrected chi connectivity index (χ0v) is 11.5. The average molecular weight is 267 g/mol. The number of carboxylic acid groups (broad SMARTS) is 1. The topological polar surface area (TPSA) is 92.1 Å². The lowest BCUT2D eigenvalue weighted by molar-refractivity contribution is -0.140. The molecule has 0 saturated carbocycles. The van der Waals surface area contributed by atoms with Gasteiger partial charge in [-0.05, 0) is 25.7 Å². The van der Waals surface area contributed by atoms with E-state index in [0.29, 0.717) is 12.0 Å². The van der Waals surface area contributed by atoms with E-state index in [1.54, 1.807) is 13.1 Å². The molecular weight excluding hydrogens is 246 g/mol. The fourth-order valence-electron chi connectivity index (χ4n) is 2.29. The molecule has 1 aromatic heterocycles. The Labute approximate surface area is 112 Å². The minimum Gasteiger partial charge on any atom is -0.480 e. The molecule has 1 fully saturated rings. The average Bonchev–Trinajstić information content (AvgIpc) is 2.94. The van der Waals surface area contributed by atoms with E-state index in [9.17, 15) is 4.79 Å². The fourth-order valence-corrected chi connectivity index (χ4v) is 2.29. The van der Waals surface area contributed by atoms with E-state index in [-0.39, 0.29) is 6.04 Å². The Bertz CT molecular complexity index is 445. The minimum atomic E-state index is -0.911. The third kappa shape index (κ3) is 3.30. The summed E-state index contributed by atoms with van der Waals surface area (Å²) >= 11 is 0. The zero-order chi connectivity index (χ0) is 14.0. The van der Waals surface area contributed by atoms with Crippen molar-refractivity contribution in [2.75, 3.05) is 0 Å². The van der Waals surface area contributed by atoms with Crippen LogP contribution in [0.4, 0.5) is 0 Å². The Morgan fingerprint density at radius 3 is 2.89 bits per heavy atom. The van der Waals surface area contributed by atoms with Gasteiger partial charge < -0.3 is 5.11 Å². The molecule has 0 aromatic carbocycles. The number of hydrazine groups is 1. The van der Waals surface area contributed by atoms with Crippen molar-refractivity contribution >= 4 is 5.97 Å². The standard InChI is InChI=1S/C12H21N5O2/c1-7(2)4-9-5-10(14-13-9)11-6-17(16-15-11)8(3)12(18)19/h6-10,13-14H,4-5H2,1-3H3,(H,18,19). The van der Waals surface area contributed by atoms with Crippen molar-refractivity contribution in [1.29, 1.82) is 0 Å². The molecule has 7 nitrogen and oxygen atoms in total. The predicted octanol–water partition coefficient (Wildman–Crippen LogP) is 0.877. The van der Waals surface area contributed by atoms with Crippen LogP contribution in [0, 0.1) is 5.92 Å². The van der Waals surface area contributed by atoms with Crippen LogP contribution in [-0.2, 0) is 4.79 Å². The molecule has 0 spiro atoms. The van der Waals surface area contributed by atoms with Crippen LogP contribution in [-0.4, -0.2) is 32.1 Å². The second-order valence-electron chi connectivity index (χ2n) is 5.54. The minimum absolute atomic E-state index is 0.0958. The largest absolute Gasteiger partial charge is 0.480 e. The number of aromatic nitrogens is 3. The van der Waals surface area contributed by atoms with E-state index in [2.05, 4.69) is 35.0 Å².